The van der Waals surface area contributed by atoms with Gasteiger partial charge in [0.2, 0.25) is 0 Å². The van der Waals surface area contributed by atoms with Crippen LogP contribution in [0.1, 0.15) is 46.5 Å². The molecule has 0 aliphatic heterocycles. The maximum atomic E-state index is 2.33. The molecule has 0 aromatic carbocycles. The lowest BCUT2D eigenvalue weighted by molar-refractivity contribution is 0.512. The van der Waals surface area contributed by atoms with Crippen molar-refractivity contribution in [1.29, 1.82) is 0 Å². The SMILES string of the molecule is CC=CCC(C)CCCC. The van der Waals surface area contributed by atoms with Gasteiger partial charge in [-0.3, -0.25) is 0 Å². The lowest BCUT2D eigenvalue weighted by Crippen LogP contribution is -1.91. The standard InChI is InChI=1S/C10H20/c1-4-6-8-10(3)9-7-5-2/h4,6,10H,5,7-9H2,1-3H3. The Bertz CT molecular complexity index is 82.0. The van der Waals surface area contributed by atoms with E-state index in [4.69, 9.17) is 0 Å². The number of hydrogen-bond acceptors (Lipinski definition) is 0. The van der Waals surface area contributed by atoms with E-state index in [0.29, 0.717) is 0 Å². The second-order valence-corrected chi connectivity index (χ2v) is 3.05. The smallest absolute Gasteiger partial charge is 0.0325 e. The summed E-state index contributed by atoms with van der Waals surface area (Å²) >= 11 is 0. The molecule has 0 N–H and O–H groups in total. The largest absolute Gasteiger partial charge is 0.0917 e. The number of unbranched alkanes of at least 4 members (excludes halogenated alkanes) is 1. The highest BCUT2D eigenvalue weighted by Crippen LogP contribution is 2.11. The molecule has 0 spiro atoms. The molecular weight excluding hydrogens is 120 g/mol. The van der Waals surface area contributed by atoms with Crippen LogP contribution in [0, 0.1) is 5.92 Å². The zero-order valence-corrected chi connectivity index (χ0v) is 7.56. The Morgan fingerprint density at radius 2 is 2.10 bits per heavy atom. The van der Waals surface area contributed by atoms with Crippen molar-refractivity contribution in [3.05, 3.63) is 12.2 Å². The minimum absolute atomic E-state index is 0.885. The van der Waals surface area contributed by atoms with E-state index in [9.17, 15) is 0 Å². The summed E-state index contributed by atoms with van der Waals surface area (Å²) in [6.07, 6.45) is 9.78. The van der Waals surface area contributed by atoms with Gasteiger partial charge in [-0.1, -0.05) is 45.3 Å². The average Bonchev–Trinajstić information content (AvgIpc) is 1.97. The topological polar surface area (TPSA) is 0 Å². The molecule has 60 valence electrons. The second-order valence-electron chi connectivity index (χ2n) is 3.05. The van der Waals surface area contributed by atoms with Gasteiger partial charge in [-0.2, -0.15) is 0 Å². The first kappa shape index (κ1) is 9.74. The minimum Gasteiger partial charge on any atom is -0.0917 e. The van der Waals surface area contributed by atoms with Gasteiger partial charge in [0.15, 0.2) is 0 Å². The number of hydrogen-bond donors (Lipinski definition) is 0. The normalized spacial score (nSPS) is 14.3. The monoisotopic (exact) mass is 140 g/mol. The van der Waals surface area contributed by atoms with E-state index in [1.54, 1.807) is 0 Å². The van der Waals surface area contributed by atoms with E-state index in [1.807, 2.05) is 0 Å². The second kappa shape index (κ2) is 6.85. The van der Waals surface area contributed by atoms with Crippen molar-refractivity contribution in [2.24, 2.45) is 5.92 Å². The van der Waals surface area contributed by atoms with Gasteiger partial charge in [-0.05, 0) is 19.3 Å². The lowest BCUT2D eigenvalue weighted by Gasteiger charge is -2.05. The van der Waals surface area contributed by atoms with E-state index in [2.05, 4.69) is 32.9 Å². The molecule has 0 heterocycles. The fourth-order valence-corrected chi connectivity index (χ4v) is 1.04. The van der Waals surface area contributed by atoms with Gasteiger partial charge >= 0.3 is 0 Å². The Morgan fingerprint density at radius 3 is 2.60 bits per heavy atom. The molecule has 1 unspecified atom stereocenters. The van der Waals surface area contributed by atoms with Crippen molar-refractivity contribution in [3.63, 3.8) is 0 Å². The van der Waals surface area contributed by atoms with Gasteiger partial charge in [0.05, 0.1) is 0 Å². The van der Waals surface area contributed by atoms with Crippen molar-refractivity contribution in [2.45, 2.75) is 46.5 Å². The molecule has 0 saturated heterocycles. The van der Waals surface area contributed by atoms with Crippen LogP contribution in [0.25, 0.3) is 0 Å². The summed E-state index contributed by atoms with van der Waals surface area (Å²) in [6, 6.07) is 0. The van der Waals surface area contributed by atoms with Crippen LogP contribution in [-0.4, -0.2) is 0 Å². The maximum absolute atomic E-state index is 2.33. The van der Waals surface area contributed by atoms with E-state index >= 15 is 0 Å². The predicted octanol–water partition coefficient (Wildman–Crippen LogP) is 3.78. The van der Waals surface area contributed by atoms with Crippen LogP contribution in [0.5, 0.6) is 0 Å². The first-order valence-electron chi connectivity index (χ1n) is 4.42. The van der Waals surface area contributed by atoms with E-state index in [1.165, 1.54) is 25.7 Å². The molecule has 0 amide bonds. The maximum Gasteiger partial charge on any atom is -0.0325 e. The molecule has 10 heavy (non-hydrogen) atoms. The van der Waals surface area contributed by atoms with Crippen molar-refractivity contribution in [1.82, 2.24) is 0 Å². The van der Waals surface area contributed by atoms with Crippen LogP contribution in [0.3, 0.4) is 0 Å². The van der Waals surface area contributed by atoms with E-state index in [0.717, 1.165) is 5.92 Å². The molecule has 0 aliphatic rings. The van der Waals surface area contributed by atoms with Crippen molar-refractivity contribution >= 4 is 0 Å². The fraction of sp³-hybridized carbons (Fsp3) is 0.800. The highest BCUT2D eigenvalue weighted by molar-refractivity contribution is 4.78. The van der Waals surface area contributed by atoms with Crippen LogP contribution in [0.4, 0.5) is 0 Å². The van der Waals surface area contributed by atoms with Crippen LogP contribution in [-0.2, 0) is 0 Å². The van der Waals surface area contributed by atoms with Crippen LogP contribution >= 0.6 is 0 Å². The first-order valence-corrected chi connectivity index (χ1v) is 4.42. The van der Waals surface area contributed by atoms with Gasteiger partial charge in [-0.15, -0.1) is 0 Å². The van der Waals surface area contributed by atoms with Crippen molar-refractivity contribution < 1.29 is 0 Å². The summed E-state index contributed by atoms with van der Waals surface area (Å²) in [5, 5.41) is 0. The molecule has 0 aromatic heterocycles. The summed E-state index contributed by atoms with van der Waals surface area (Å²) in [7, 11) is 0. The zero-order chi connectivity index (χ0) is 7.82. The molecule has 0 heteroatoms. The summed E-state index contributed by atoms with van der Waals surface area (Å²) in [6.45, 7) is 6.67. The van der Waals surface area contributed by atoms with Crippen LogP contribution < -0.4 is 0 Å². The summed E-state index contributed by atoms with van der Waals surface area (Å²) in [4.78, 5) is 0. The Kier molecular flexibility index (Phi) is 6.68. The van der Waals surface area contributed by atoms with Gasteiger partial charge in [-0.25, -0.2) is 0 Å². The third-order valence-electron chi connectivity index (χ3n) is 1.82. The molecule has 0 fully saturated rings. The van der Waals surface area contributed by atoms with Gasteiger partial charge < -0.3 is 0 Å². The number of rotatable bonds is 5. The predicted molar refractivity (Wildman–Crippen MR) is 48.1 cm³/mol. The van der Waals surface area contributed by atoms with Crippen LogP contribution in [0.15, 0.2) is 12.2 Å². The van der Waals surface area contributed by atoms with Crippen LogP contribution in [0.2, 0.25) is 0 Å². The van der Waals surface area contributed by atoms with E-state index in [-0.39, 0.29) is 0 Å². The molecule has 0 saturated carbocycles. The highest BCUT2D eigenvalue weighted by atomic mass is 14.0. The quantitative estimate of drug-likeness (QED) is 0.510. The molecule has 0 radical (unpaired) electrons. The van der Waals surface area contributed by atoms with Gasteiger partial charge in [0, 0.05) is 0 Å². The Labute approximate surface area is 65.3 Å². The molecule has 0 aliphatic carbocycles. The Morgan fingerprint density at radius 1 is 1.40 bits per heavy atom. The Hall–Kier alpha value is -0.260. The fourth-order valence-electron chi connectivity index (χ4n) is 1.04. The molecule has 0 nitrogen and oxygen atoms in total. The summed E-state index contributed by atoms with van der Waals surface area (Å²) in [5.41, 5.74) is 0. The molecule has 1 atom stereocenters. The van der Waals surface area contributed by atoms with Gasteiger partial charge in [0.25, 0.3) is 0 Å². The summed E-state index contributed by atoms with van der Waals surface area (Å²) < 4.78 is 0. The molecular formula is C10H20. The third-order valence-corrected chi connectivity index (χ3v) is 1.82. The highest BCUT2D eigenvalue weighted by Gasteiger charge is 1.96. The molecule has 0 rings (SSSR count). The molecule has 0 bridgehead atoms. The third kappa shape index (κ3) is 5.87. The van der Waals surface area contributed by atoms with Gasteiger partial charge in [0.1, 0.15) is 0 Å². The van der Waals surface area contributed by atoms with E-state index < -0.39 is 0 Å². The zero-order valence-electron chi connectivity index (χ0n) is 7.56. The lowest BCUT2D eigenvalue weighted by atomic mass is 10.0. The van der Waals surface area contributed by atoms with Crippen molar-refractivity contribution in [3.8, 4) is 0 Å². The first-order chi connectivity index (χ1) is 4.81. The molecule has 0 aromatic rings. The summed E-state index contributed by atoms with van der Waals surface area (Å²) in [5.74, 6) is 0.885. The average molecular weight is 140 g/mol. The Balaban J connectivity index is 3.16. The minimum atomic E-state index is 0.885. The van der Waals surface area contributed by atoms with Crippen molar-refractivity contribution in [2.75, 3.05) is 0 Å². The number of allylic oxidation sites excluding steroid dienone is 2.